The lowest BCUT2D eigenvalue weighted by atomic mass is 9.96. The highest BCUT2D eigenvalue weighted by Gasteiger charge is 2.18. The van der Waals surface area contributed by atoms with Crippen molar-refractivity contribution in [3.63, 3.8) is 0 Å². The molecule has 1 aliphatic carbocycles. The molecule has 21 heavy (non-hydrogen) atoms. The number of rotatable bonds is 4. The van der Waals surface area contributed by atoms with Crippen LogP contribution < -0.4 is 9.64 Å². The second-order valence-corrected chi connectivity index (χ2v) is 5.50. The van der Waals surface area contributed by atoms with Crippen molar-refractivity contribution in [2.75, 3.05) is 19.1 Å². The van der Waals surface area contributed by atoms with Crippen molar-refractivity contribution in [2.24, 2.45) is 0 Å². The maximum atomic E-state index is 5.44. The molecule has 3 rings (SSSR count). The van der Waals surface area contributed by atoms with Gasteiger partial charge in [0.2, 0.25) is 0 Å². The maximum absolute atomic E-state index is 5.44. The molecule has 0 aliphatic heterocycles. The fourth-order valence-corrected chi connectivity index (χ4v) is 3.00. The molecule has 0 saturated carbocycles. The molecule has 1 aromatic carbocycles. The zero-order valence-corrected chi connectivity index (χ0v) is 12.7. The van der Waals surface area contributed by atoms with Crippen LogP contribution in [-0.2, 0) is 19.4 Å². The zero-order chi connectivity index (χ0) is 14.7. The minimum Gasteiger partial charge on any atom is -0.496 e. The van der Waals surface area contributed by atoms with Crippen LogP contribution in [0.3, 0.4) is 0 Å². The predicted octanol–water partition coefficient (Wildman–Crippen LogP) is 3.00. The standard InChI is InChI=1S/C17H21N3O/c1-20(11-13-7-3-6-10-16(13)21-2)17-14-8-4-5-9-15(14)18-12-19-17/h3,6-7,10,12H,4-5,8-9,11H2,1-2H3. The number of hydrogen-bond donors (Lipinski definition) is 0. The lowest BCUT2D eigenvalue weighted by Crippen LogP contribution is -2.22. The minimum absolute atomic E-state index is 0.785. The average molecular weight is 283 g/mol. The van der Waals surface area contributed by atoms with Gasteiger partial charge in [-0.15, -0.1) is 0 Å². The van der Waals surface area contributed by atoms with Crippen LogP contribution in [0.4, 0.5) is 5.82 Å². The molecule has 0 bridgehead atoms. The van der Waals surface area contributed by atoms with Crippen molar-refractivity contribution in [2.45, 2.75) is 32.2 Å². The van der Waals surface area contributed by atoms with E-state index < -0.39 is 0 Å². The first-order valence-corrected chi connectivity index (χ1v) is 7.45. The third-order valence-corrected chi connectivity index (χ3v) is 4.06. The summed E-state index contributed by atoms with van der Waals surface area (Å²) in [7, 11) is 3.80. The summed E-state index contributed by atoms with van der Waals surface area (Å²) < 4.78 is 5.44. The number of methoxy groups -OCH3 is 1. The van der Waals surface area contributed by atoms with Gasteiger partial charge in [-0.3, -0.25) is 0 Å². The van der Waals surface area contributed by atoms with Gasteiger partial charge in [0.25, 0.3) is 0 Å². The Balaban J connectivity index is 1.87. The van der Waals surface area contributed by atoms with Crippen molar-refractivity contribution < 1.29 is 4.74 Å². The molecule has 4 heteroatoms. The topological polar surface area (TPSA) is 38.2 Å². The highest BCUT2D eigenvalue weighted by atomic mass is 16.5. The molecule has 0 N–H and O–H groups in total. The fraction of sp³-hybridized carbons (Fsp3) is 0.412. The molecule has 0 spiro atoms. The van der Waals surface area contributed by atoms with Crippen LogP contribution in [0.15, 0.2) is 30.6 Å². The molecule has 110 valence electrons. The number of para-hydroxylation sites is 1. The first-order valence-electron chi connectivity index (χ1n) is 7.45. The zero-order valence-electron chi connectivity index (χ0n) is 12.7. The molecule has 1 aromatic heterocycles. The van der Waals surface area contributed by atoms with E-state index in [2.05, 4.69) is 28.0 Å². The van der Waals surface area contributed by atoms with Crippen molar-refractivity contribution in [3.8, 4) is 5.75 Å². The molecule has 0 amide bonds. The Bertz CT molecular complexity index is 627. The fourth-order valence-electron chi connectivity index (χ4n) is 3.00. The molecule has 0 saturated heterocycles. The number of ether oxygens (including phenoxy) is 1. The molecule has 0 atom stereocenters. The largest absolute Gasteiger partial charge is 0.496 e. The monoisotopic (exact) mass is 283 g/mol. The van der Waals surface area contributed by atoms with E-state index in [9.17, 15) is 0 Å². The molecule has 0 unspecified atom stereocenters. The van der Waals surface area contributed by atoms with Crippen molar-refractivity contribution in [1.82, 2.24) is 9.97 Å². The second kappa shape index (κ2) is 6.12. The Morgan fingerprint density at radius 3 is 2.81 bits per heavy atom. The first-order chi connectivity index (χ1) is 10.3. The minimum atomic E-state index is 0.785. The number of benzene rings is 1. The normalized spacial score (nSPS) is 13.6. The summed E-state index contributed by atoms with van der Waals surface area (Å²) in [5, 5.41) is 0. The number of nitrogens with zero attached hydrogens (tertiary/aromatic N) is 3. The van der Waals surface area contributed by atoms with Gasteiger partial charge in [-0.1, -0.05) is 18.2 Å². The van der Waals surface area contributed by atoms with E-state index in [-0.39, 0.29) is 0 Å². The van der Waals surface area contributed by atoms with E-state index in [1.807, 2.05) is 18.2 Å². The van der Waals surface area contributed by atoms with Crippen LogP contribution >= 0.6 is 0 Å². The number of hydrogen-bond acceptors (Lipinski definition) is 4. The Kier molecular flexibility index (Phi) is 4.04. The van der Waals surface area contributed by atoms with Gasteiger partial charge in [0.15, 0.2) is 0 Å². The first kappa shape index (κ1) is 13.9. The second-order valence-electron chi connectivity index (χ2n) is 5.50. The van der Waals surface area contributed by atoms with Gasteiger partial charge in [-0.25, -0.2) is 9.97 Å². The van der Waals surface area contributed by atoms with Crippen molar-refractivity contribution in [3.05, 3.63) is 47.4 Å². The number of aryl methyl sites for hydroxylation is 1. The Morgan fingerprint density at radius 2 is 1.95 bits per heavy atom. The van der Waals surface area contributed by atoms with E-state index >= 15 is 0 Å². The third kappa shape index (κ3) is 2.84. The lowest BCUT2D eigenvalue weighted by molar-refractivity contribution is 0.409. The molecule has 1 aliphatic rings. The molecular weight excluding hydrogens is 262 g/mol. The van der Waals surface area contributed by atoms with Crippen LogP contribution in [-0.4, -0.2) is 24.1 Å². The maximum Gasteiger partial charge on any atom is 0.135 e. The molecule has 1 heterocycles. The van der Waals surface area contributed by atoms with E-state index in [4.69, 9.17) is 4.74 Å². The predicted molar refractivity (Wildman–Crippen MR) is 83.8 cm³/mol. The van der Waals surface area contributed by atoms with Gasteiger partial charge >= 0.3 is 0 Å². The lowest BCUT2D eigenvalue weighted by Gasteiger charge is -2.25. The summed E-state index contributed by atoms with van der Waals surface area (Å²) in [5.41, 5.74) is 3.71. The van der Waals surface area contributed by atoms with Crippen molar-refractivity contribution >= 4 is 5.82 Å². The number of fused-ring (bicyclic) bond motifs is 1. The molecular formula is C17H21N3O. The van der Waals surface area contributed by atoms with Crippen LogP contribution in [0.1, 0.15) is 29.7 Å². The molecule has 2 aromatic rings. The van der Waals surface area contributed by atoms with E-state index in [1.54, 1.807) is 13.4 Å². The highest BCUT2D eigenvalue weighted by Crippen LogP contribution is 2.28. The van der Waals surface area contributed by atoms with Crippen LogP contribution in [0, 0.1) is 0 Å². The van der Waals surface area contributed by atoms with Crippen LogP contribution in [0.25, 0.3) is 0 Å². The Morgan fingerprint density at radius 1 is 1.14 bits per heavy atom. The number of anilines is 1. The van der Waals surface area contributed by atoms with E-state index in [0.717, 1.165) is 31.0 Å². The summed E-state index contributed by atoms with van der Waals surface area (Å²) in [5.74, 6) is 1.98. The summed E-state index contributed by atoms with van der Waals surface area (Å²) in [6.45, 7) is 0.785. The van der Waals surface area contributed by atoms with Gasteiger partial charge in [0.1, 0.15) is 17.9 Å². The van der Waals surface area contributed by atoms with Gasteiger partial charge in [0, 0.05) is 30.4 Å². The SMILES string of the molecule is COc1ccccc1CN(C)c1ncnc2c1CCCC2. The van der Waals surface area contributed by atoms with Gasteiger partial charge in [-0.2, -0.15) is 0 Å². The Labute approximate surface area is 125 Å². The average Bonchev–Trinajstić information content (AvgIpc) is 2.54. The van der Waals surface area contributed by atoms with E-state index in [0.29, 0.717) is 0 Å². The quantitative estimate of drug-likeness (QED) is 0.864. The van der Waals surface area contributed by atoms with Gasteiger partial charge in [-0.05, 0) is 31.7 Å². The highest BCUT2D eigenvalue weighted by molar-refractivity contribution is 5.50. The summed E-state index contributed by atoms with van der Waals surface area (Å²) in [6, 6.07) is 8.14. The van der Waals surface area contributed by atoms with Crippen LogP contribution in [0.5, 0.6) is 5.75 Å². The van der Waals surface area contributed by atoms with Crippen molar-refractivity contribution in [1.29, 1.82) is 0 Å². The number of aromatic nitrogens is 2. The van der Waals surface area contributed by atoms with Gasteiger partial charge in [0.05, 0.1) is 7.11 Å². The van der Waals surface area contributed by atoms with Crippen LogP contribution in [0.2, 0.25) is 0 Å². The Hall–Kier alpha value is -2.10. The third-order valence-electron chi connectivity index (χ3n) is 4.06. The smallest absolute Gasteiger partial charge is 0.135 e. The molecule has 4 nitrogen and oxygen atoms in total. The van der Waals surface area contributed by atoms with E-state index in [1.165, 1.54) is 29.7 Å². The summed E-state index contributed by atoms with van der Waals surface area (Å²) in [4.78, 5) is 11.2. The molecule has 0 fully saturated rings. The van der Waals surface area contributed by atoms with Gasteiger partial charge < -0.3 is 9.64 Å². The summed E-state index contributed by atoms with van der Waals surface area (Å²) in [6.07, 6.45) is 6.32. The summed E-state index contributed by atoms with van der Waals surface area (Å²) >= 11 is 0. The molecule has 0 radical (unpaired) electrons.